The van der Waals surface area contributed by atoms with Gasteiger partial charge in [0.25, 0.3) is 5.91 Å². The van der Waals surface area contributed by atoms with E-state index >= 15 is 0 Å². The average molecular weight is 329 g/mol. The first-order valence-corrected chi connectivity index (χ1v) is 7.58. The number of esters is 1. The SMILES string of the molecule is COC(=O)c1ccccc1NC(=O)c1cc2c(F)cccc2s1. The first-order valence-electron chi connectivity index (χ1n) is 6.77. The van der Waals surface area contributed by atoms with Gasteiger partial charge in [0.1, 0.15) is 5.82 Å². The molecule has 0 bridgehead atoms. The first kappa shape index (κ1) is 15.2. The fraction of sp³-hybridized carbons (Fsp3) is 0.0588. The normalized spacial score (nSPS) is 10.5. The Hall–Kier alpha value is -2.73. The number of hydrogen-bond donors (Lipinski definition) is 1. The summed E-state index contributed by atoms with van der Waals surface area (Å²) in [7, 11) is 1.27. The number of anilines is 1. The summed E-state index contributed by atoms with van der Waals surface area (Å²) in [4.78, 5) is 24.5. The third-order valence-corrected chi connectivity index (χ3v) is 4.41. The number of ether oxygens (including phenoxy) is 1. The molecule has 1 N–H and O–H groups in total. The van der Waals surface area contributed by atoms with E-state index in [-0.39, 0.29) is 11.4 Å². The van der Waals surface area contributed by atoms with Crippen molar-refractivity contribution in [3.05, 3.63) is 64.8 Å². The molecular formula is C17H12FNO3S. The first-order chi connectivity index (χ1) is 11.1. The lowest BCUT2D eigenvalue weighted by atomic mass is 10.1. The Labute approximate surface area is 135 Å². The van der Waals surface area contributed by atoms with E-state index in [4.69, 9.17) is 4.74 Å². The highest BCUT2D eigenvalue weighted by Crippen LogP contribution is 2.28. The van der Waals surface area contributed by atoms with Gasteiger partial charge in [-0.25, -0.2) is 9.18 Å². The number of thiophene rings is 1. The monoisotopic (exact) mass is 329 g/mol. The molecule has 6 heteroatoms. The van der Waals surface area contributed by atoms with Crippen LogP contribution >= 0.6 is 11.3 Å². The molecular weight excluding hydrogens is 317 g/mol. The lowest BCUT2D eigenvalue weighted by Crippen LogP contribution is -2.14. The minimum Gasteiger partial charge on any atom is -0.465 e. The second kappa shape index (κ2) is 6.18. The van der Waals surface area contributed by atoms with Gasteiger partial charge in [0.15, 0.2) is 0 Å². The van der Waals surface area contributed by atoms with Crippen LogP contribution in [0.3, 0.4) is 0 Å². The zero-order valence-corrected chi connectivity index (χ0v) is 12.9. The Morgan fingerprint density at radius 3 is 2.65 bits per heavy atom. The molecule has 116 valence electrons. The number of rotatable bonds is 3. The van der Waals surface area contributed by atoms with E-state index in [0.29, 0.717) is 20.7 Å². The van der Waals surface area contributed by atoms with E-state index in [1.807, 2.05) is 0 Å². The maximum Gasteiger partial charge on any atom is 0.339 e. The number of nitrogens with one attached hydrogen (secondary N) is 1. The Morgan fingerprint density at radius 2 is 1.91 bits per heavy atom. The smallest absolute Gasteiger partial charge is 0.339 e. The number of carbonyl (C=O) groups is 2. The molecule has 0 fully saturated rings. The van der Waals surface area contributed by atoms with Gasteiger partial charge >= 0.3 is 5.97 Å². The number of para-hydroxylation sites is 1. The van der Waals surface area contributed by atoms with E-state index in [2.05, 4.69) is 5.32 Å². The van der Waals surface area contributed by atoms with Crippen molar-refractivity contribution >= 4 is 39.0 Å². The predicted octanol–water partition coefficient (Wildman–Crippen LogP) is 4.08. The zero-order valence-electron chi connectivity index (χ0n) is 12.1. The van der Waals surface area contributed by atoms with Crippen LogP contribution in [0.1, 0.15) is 20.0 Å². The summed E-state index contributed by atoms with van der Waals surface area (Å²) in [5, 5.41) is 3.08. The molecule has 2 aromatic carbocycles. The molecule has 0 aliphatic carbocycles. The molecule has 3 rings (SSSR count). The summed E-state index contributed by atoms with van der Waals surface area (Å²) < 4.78 is 19.1. The van der Waals surface area contributed by atoms with Crippen molar-refractivity contribution in [3.8, 4) is 0 Å². The topological polar surface area (TPSA) is 55.4 Å². The third kappa shape index (κ3) is 2.93. The minimum absolute atomic E-state index is 0.260. The van der Waals surface area contributed by atoms with Crippen LogP contribution in [-0.4, -0.2) is 19.0 Å². The molecule has 0 unspecified atom stereocenters. The molecule has 0 saturated carbocycles. The Balaban J connectivity index is 1.92. The summed E-state index contributed by atoms with van der Waals surface area (Å²) in [5.74, 6) is -1.31. The number of amides is 1. The summed E-state index contributed by atoms with van der Waals surface area (Å²) >= 11 is 1.19. The number of fused-ring (bicyclic) bond motifs is 1. The summed E-state index contributed by atoms with van der Waals surface area (Å²) in [6.45, 7) is 0. The molecule has 1 amide bonds. The minimum atomic E-state index is -0.539. The second-order valence-electron chi connectivity index (χ2n) is 4.75. The quantitative estimate of drug-likeness (QED) is 0.737. The third-order valence-electron chi connectivity index (χ3n) is 3.31. The van der Waals surface area contributed by atoms with Gasteiger partial charge in [-0.2, -0.15) is 0 Å². The Kier molecular flexibility index (Phi) is 4.08. The fourth-order valence-corrected chi connectivity index (χ4v) is 3.17. The van der Waals surface area contributed by atoms with Crippen LogP contribution in [0.2, 0.25) is 0 Å². The highest BCUT2D eigenvalue weighted by Gasteiger charge is 2.16. The van der Waals surface area contributed by atoms with Crippen molar-refractivity contribution in [2.24, 2.45) is 0 Å². The lowest BCUT2D eigenvalue weighted by Gasteiger charge is -2.08. The van der Waals surface area contributed by atoms with Crippen LogP contribution in [0.15, 0.2) is 48.5 Å². The number of carbonyl (C=O) groups excluding carboxylic acids is 2. The molecule has 0 aliphatic heterocycles. The molecule has 3 aromatic rings. The standard InChI is InChI=1S/C17H12FNO3S/c1-22-17(21)10-5-2-3-7-13(10)19-16(20)15-9-11-12(18)6-4-8-14(11)23-15/h2-9H,1H3,(H,19,20). The van der Waals surface area contributed by atoms with Gasteiger partial charge in [-0.3, -0.25) is 4.79 Å². The van der Waals surface area contributed by atoms with Crippen LogP contribution < -0.4 is 5.32 Å². The molecule has 1 aromatic heterocycles. The van der Waals surface area contributed by atoms with Crippen molar-refractivity contribution in [1.82, 2.24) is 0 Å². The molecule has 23 heavy (non-hydrogen) atoms. The second-order valence-corrected chi connectivity index (χ2v) is 5.84. The molecule has 4 nitrogen and oxygen atoms in total. The highest BCUT2D eigenvalue weighted by atomic mass is 32.1. The van der Waals surface area contributed by atoms with Gasteiger partial charge in [-0.15, -0.1) is 11.3 Å². The van der Waals surface area contributed by atoms with Crippen molar-refractivity contribution in [2.45, 2.75) is 0 Å². The van der Waals surface area contributed by atoms with Crippen LogP contribution in [0.25, 0.3) is 10.1 Å². The molecule has 0 atom stereocenters. The van der Waals surface area contributed by atoms with E-state index in [9.17, 15) is 14.0 Å². The zero-order chi connectivity index (χ0) is 16.4. The van der Waals surface area contributed by atoms with E-state index in [1.165, 1.54) is 30.6 Å². The van der Waals surface area contributed by atoms with Crippen LogP contribution in [0.5, 0.6) is 0 Å². The predicted molar refractivity (Wildman–Crippen MR) is 87.5 cm³/mol. The van der Waals surface area contributed by atoms with Gasteiger partial charge < -0.3 is 10.1 Å². The average Bonchev–Trinajstić information content (AvgIpc) is 3.00. The fourth-order valence-electron chi connectivity index (χ4n) is 2.20. The number of benzene rings is 2. The maximum atomic E-state index is 13.7. The van der Waals surface area contributed by atoms with E-state index < -0.39 is 11.9 Å². The van der Waals surface area contributed by atoms with Crippen molar-refractivity contribution in [2.75, 3.05) is 12.4 Å². The largest absolute Gasteiger partial charge is 0.465 e. The molecule has 0 spiro atoms. The summed E-state index contributed by atoms with van der Waals surface area (Å²) in [6, 6.07) is 12.8. The molecule has 0 aliphatic rings. The van der Waals surface area contributed by atoms with Gasteiger partial charge in [0.2, 0.25) is 0 Å². The van der Waals surface area contributed by atoms with Crippen molar-refractivity contribution < 1.29 is 18.7 Å². The van der Waals surface area contributed by atoms with E-state index in [1.54, 1.807) is 36.4 Å². The van der Waals surface area contributed by atoms with Crippen molar-refractivity contribution in [1.29, 1.82) is 0 Å². The highest BCUT2D eigenvalue weighted by molar-refractivity contribution is 7.20. The maximum absolute atomic E-state index is 13.7. The summed E-state index contributed by atoms with van der Waals surface area (Å²) in [6.07, 6.45) is 0. The van der Waals surface area contributed by atoms with Crippen molar-refractivity contribution in [3.63, 3.8) is 0 Å². The molecule has 0 radical (unpaired) electrons. The van der Waals surface area contributed by atoms with Gasteiger partial charge in [0.05, 0.1) is 23.2 Å². The number of hydrogen-bond acceptors (Lipinski definition) is 4. The summed E-state index contributed by atoms with van der Waals surface area (Å²) in [5.41, 5.74) is 0.609. The van der Waals surface area contributed by atoms with Crippen LogP contribution in [0.4, 0.5) is 10.1 Å². The number of halogens is 1. The number of methoxy groups -OCH3 is 1. The van der Waals surface area contributed by atoms with Gasteiger partial charge in [-0.1, -0.05) is 18.2 Å². The van der Waals surface area contributed by atoms with Gasteiger partial charge in [-0.05, 0) is 30.3 Å². The Bertz CT molecular complexity index is 904. The molecule has 0 saturated heterocycles. The van der Waals surface area contributed by atoms with E-state index in [0.717, 1.165) is 0 Å². The van der Waals surface area contributed by atoms with Crippen LogP contribution in [0, 0.1) is 5.82 Å². The van der Waals surface area contributed by atoms with Gasteiger partial charge in [0, 0.05) is 10.1 Å². The Morgan fingerprint density at radius 1 is 1.13 bits per heavy atom. The van der Waals surface area contributed by atoms with Crippen LogP contribution in [-0.2, 0) is 4.74 Å². The molecule has 1 heterocycles. The lowest BCUT2D eigenvalue weighted by molar-refractivity contribution is 0.0602.